The summed E-state index contributed by atoms with van der Waals surface area (Å²) in [7, 11) is -3.77. The van der Waals surface area contributed by atoms with Crippen molar-refractivity contribution in [3.8, 4) is 6.07 Å². The Balaban J connectivity index is 2.03. The van der Waals surface area contributed by atoms with Gasteiger partial charge in [-0.25, -0.2) is 18.1 Å². The summed E-state index contributed by atoms with van der Waals surface area (Å²) in [5.41, 5.74) is -0.665. The number of hydrogen-bond donors (Lipinski definition) is 1. The molecule has 1 aromatic rings. The van der Waals surface area contributed by atoms with Crippen LogP contribution >= 0.6 is 0 Å². The Morgan fingerprint density at radius 3 is 2.58 bits per heavy atom. The minimum Gasteiger partial charge on any atom is -0.303 e. The van der Waals surface area contributed by atoms with Gasteiger partial charge in [0, 0.05) is 11.7 Å². The lowest BCUT2D eigenvalue weighted by atomic mass is 10.0. The van der Waals surface area contributed by atoms with Crippen LogP contribution in [0.2, 0.25) is 0 Å². The average Bonchev–Trinajstić information content (AvgIpc) is 2.81. The van der Waals surface area contributed by atoms with Crippen LogP contribution in [0.5, 0.6) is 0 Å². The molecule has 1 aliphatic rings. The monoisotopic (exact) mass is 350 g/mol. The molecule has 0 bridgehead atoms. The van der Waals surface area contributed by atoms with Crippen molar-refractivity contribution in [2.24, 2.45) is 0 Å². The second-order valence-electron chi connectivity index (χ2n) is 6.96. The molecule has 0 unspecified atom stereocenters. The zero-order valence-corrected chi connectivity index (χ0v) is 15.3. The zero-order chi connectivity index (χ0) is 17.6. The van der Waals surface area contributed by atoms with E-state index in [0.29, 0.717) is 6.42 Å². The molecule has 132 valence electrons. The summed E-state index contributed by atoms with van der Waals surface area (Å²) in [6, 6.07) is 4.78. The number of likely N-dealkylation sites (tertiary alicyclic amines) is 1. The molecule has 0 aromatic carbocycles. The van der Waals surface area contributed by atoms with Crippen molar-refractivity contribution in [1.82, 2.24) is 14.6 Å². The fourth-order valence-electron chi connectivity index (χ4n) is 2.96. The van der Waals surface area contributed by atoms with Crippen molar-refractivity contribution in [3.05, 3.63) is 24.0 Å². The number of aromatic nitrogens is 1. The van der Waals surface area contributed by atoms with Gasteiger partial charge in [-0.1, -0.05) is 12.8 Å². The first-order chi connectivity index (χ1) is 11.3. The summed E-state index contributed by atoms with van der Waals surface area (Å²) >= 11 is 0. The van der Waals surface area contributed by atoms with E-state index in [2.05, 4.69) is 14.6 Å². The number of pyridine rings is 1. The van der Waals surface area contributed by atoms with Gasteiger partial charge < -0.3 is 4.90 Å². The zero-order valence-electron chi connectivity index (χ0n) is 14.5. The topological polar surface area (TPSA) is 86.1 Å². The van der Waals surface area contributed by atoms with E-state index in [1.165, 1.54) is 44.0 Å². The first-order valence-corrected chi connectivity index (χ1v) is 9.94. The Morgan fingerprint density at radius 2 is 1.96 bits per heavy atom. The maximum absolute atomic E-state index is 12.6. The van der Waals surface area contributed by atoms with Gasteiger partial charge in [-0.05, 0) is 64.9 Å². The third kappa shape index (κ3) is 5.26. The van der Waals surface area contributed by atoms with E-state index in [9.17, 15) is 8.42 Å². The Bertz CT molecular complexity index is 687. The first-order valence-electron chi connectivity index (χ1n) is 8.45. The van der Waals surface area contributed by atoms with Gasteiger partial charge in [0.05, 0.1) is 0 Å². The Labute approximate surface area is 144 Å². The number of rotatable bonds is 6. The highest BCUT2D eigenvalue weighted by molar-refractivity contribution is 7.89. The summed E-state index contributed by atoms with van der Waals surface area (Å²) in [6.45, 7) is 6.80. The molecular weight excluding hydrogens is 324 g/mol. The van der Waals surface area contributed by atoms with Crippen molar-refractivity contribution in [1.29, 1.82) is 5.26 Å². The van der Waals surface area contributed by atoms with E-state index in [4.69, 9.17) is 5.26 Å². The second kappa shape index (κ2) is 8.06. The van der Waals surface area contributed by atoms with Crippen molar-refractivity contribution >= 4 is 10.0 Å². The predicted octanol–water partition coefficient (Wildman–Crippen LogP) is 2.28. The molecule has 0 amide bonds. The lowest BCUT2D eigenvalue weighted by Crippen LogP contribution is -2.45. The summed E-state index contributed by atoms with van der Waals surface area (Å²) in [6.07, 6.45) is 7.13. The Kier molecular flexibility index (Phi) is 6.33. The van der Waals surface area contributed by atoms with Crippen LogP contribution in [0, 0.1) is 11.3 Å². The lowest BCUT2D eigenvalue weighted by Gasteiger charge is -2.29. The lowest BCUT2D eigenvalue weighted by molar-refractivity contribution is 0.251. The van der Waals surface area contributed by atoms with Crippen molar-refractivity contribution in [2.45, 2.75) is 56.4 Å². The van der Waals surface area contributed by atoms with Crippen LogP contribution in [-0.4, -0.2) is 43.5 Å². The SMILES string of the molecule is CC(C)(CCN1CCCCCC1)NS(=O)(=O)c1cccnc1C#N. The number of nitrogens with zero attached hydrogens (tertiary/aromatic N) is 3. The number of hydrogen-bond acceptors (Lipinski definition) is 5. The van der Waals surface area contributed by atoms with Crippen molar-refractivity contribution < 1.29 is 8.42 Å². The van der Waals surface area contributed by atoms with Gasteiger partial charge in [-0.2, -0.15) is 5.26 Å². The maximum atomic E-state index is 12.6. The van der Waals surface area contributed by atoms with Gasteiger partial charge in [0.15, 0.2) is 5.69 Å². The number of sulfonamides is 1. The molecule has 0 atom stereocenters. The minimum atomic E-state index is -3.77. The molecule has 0 aliphatic carbocycles. The molecule has 24 heavy (non-hydrogen) atoms. The molecule has 6 nitrogen and oxygen atoms in total. The molecular formula is C17H26N4O2S. The quantitative estimate of drug-likeness (QED) is 0.850. The smallest absolute Gasteiger partial charge is 0.243 e. The van der Waals surface area contributed by atoms with Crippen molar-refractivity contribution in [2.75, 3.05) is 19.6 Å². The van der Waals surface area contributed by atoms with E-state index < -0.39 is 15.6 Å². The summed E-state index contributed by atoms with van der Waals surface area (Å²) in [5.74, 6) is 0. The van der Waals surface area contributed by atoms with Crippen LogP contribution in [0.4, 0.5) is 0 Å². The van der Waals surface area contributed by atoms with Crippen LogP contribution in [0.25, 0.3) is 0 Å². The highest BCUT2D eigenvalue weighted by Gasteiger charge is 2.28. The molecule has 2 heterocycles. The third-order valence-corrected chi connectivity index (χ3v) is 6.06. The maximum Gasteiger partial charge on any atom is 0.243 e. The van der Waals surface area contributed by atoms with E-state index in [1.807, 2.05) is 19.9 Å². The summed E-state index contributed by atoms with van der Waals surface area (Å²) in [5, 5.41) is 9.07. The molecule has 1 aliphatic heterocycles. The summed E-state index contributed by atoms with van der Waals surface area (Å²) < 4.78 is 28.0. The molecule has 0 saturated carbocycles. The van der Waals surface area contributed by atoms with Gasteiger partial charge in [0.25, 0.3) is 0 Å². The molecule has 1 aromatic heterocycles. The van der Waals surface area contributed by atoms with Gasteiger partial charge in [-0.3, -0.25) is 0 Å². The van der Waals surface area contributed by atoms with Crippen LogP contribution < -0.4 is 4.72 Å². The van der Waals surface area contributed by atoms with E-state index in [0.717, 1.165) is 19.6 Å². The number of nitriles is 1. The van der Waals surface area contributed by atoms with E-state index >= 15 is 0 Å². The van der Waals surface area contributed by atoms with Gasteiger partial charge in [-0.15, -0.1) is 0 Å². The summed E-state index contributed by atoms with van der Waals surface area (Å²) in [4.78, 5) is 6.19. The molecule has 1 saturated heterocycles. The third-order valence-electron chi connectivity index (χ3n) is 4.33. The van der Waals surface area contributed by atoms with Crippen LogP contribution in [0.15, 0.2) is 23.2 Å². The molecule has 1 fully saturated rings. The highest BCUT2D eigenvalue weighted by atomic mass is 32.2. The normalized spacial score (nSPS) is 17.2. The van der Waals surface area contributed by atoms with E-state index in [-0.39, 0.29) is 10.6 Å². The average molecular weight is 350 g/mol. The largest absolute Gasteiger partial charge is 0.303 e. The van der Waals surface area contributed by atoms with Crippen LogP contribution in [0.3, 0.4) is 0 Å². The standard InChI is InChI=1S/C17H26N4O2S/c1-17(2,9-13-21-11-5-3-4-6-12-21)20-24(22,23)16-8-7-10-19-15(16)14-18/h7-8,10,20H,3-6,9,11-13H2,1-2H3. The molecule has 1 N–H and O–H groups in total. The van der Waals surface area contributed by atoms with Gasteiger partial charge >= 0.3 is 0 Å². The molecule has 0 spiro atoms. The minimum absolute atomic E-state index is 0.0599. The molecule has 0 radical (unpaired) electrons. The fraction of sp³-hybridized carbons (Fsp3) is 0.647. The highest BCUT2D eigenvalue weighted by Crippen LogP contribution is 2.19. The van der Waals surface area contributed by atoms with Crippen LogP contribution in [0.1, 0.15) is 51.6 Å². The molecule has 2 rings (SSSR count). The second-order valence-corrected chi connectivity index (χ2v) is 8.61. The van der Waals surface area contributed by atoms with E-state index in [1.54, 1.807) is 0 Å². The Hall–Kier alpha value is -1.49. The fourth-order valence-corrected chi connectivity index (χ4v) is 4.51. The van der Waals surface area contributed by atoms with Gasteiger partial charge in [0.1, 0.15) is 11.0 Å². The Morgan fingerprint density at radius 1 is 1.29 bits per heavy atom. The van der Waals surface area contributed by atoms with Crippen molar-refractivity contribution in [3.63, 3.8) is 0 Å². The van der Waals surface area contributed by atoms with Gasteiger partial charge in [0.2, 0.25) is 10.0 Å². The molecule has 7 heteroatoms. The first kappa shape index (κ1) is 18.8. The number of nitrogens with one attached hydrogen (secondary N) is 1. The van der Waals surface area contributed by atoms with Crippen LogP contribution in [-0.2, 0) is 10.0 Å². The predicted molar refractivity (Wildman–Crippen MR) is 92.9 cm³/mol.